The molecule has 7 nitrogen and oxygen atoms in total. The predicted octanol–water partition coefficient (Wildman–Crippen LogP) is 3.26. The number of rotatable bonds is 4. The molecule has 0 saturated carbocycles. The monoisotopic (exact) mass is 339 g/mol. The van der Waals surface area contributed by atoms with Crippen molar-refractivity contribution in [3.8, 4) is 17.6 Å². The van der Waals surface area contributed by atoms with Gasteiger partial charge in [0.1, 0.15) is 0 Å². The van der Waals surface area contributed by atoms with Crippen molar-refractivity contribution in [3.63, 3.8) is 0 Å². The number of methoxy groups -OCH3 is 1. The lowest BCUT2D eigenvalue weighted by Crippen LogP contribution is -1.99. The van der Waals surface area contributed by atoms with Gasteiger partial charge in [-0.15, -0.1) is 0 Å². The third-order valence-corrected chi connectivity index (χ3v) is 3.01. The first kappa shape index (κ1) is 14.2. The highest BCUT2D eigenvalue weighted by molar-refractivity contribution is 9.10. The van der Waals surface area contributed by atoms with Gasteiger partial charge in [-0.25, -0.2) is 4.98 Å². The molecule has 0 aliphatic rings. The highest BCUT2D eigenvalue weighted by Gasteiger charge is 2.20. The number of nitro benzene ring substituents is 1. The number of ether oxygens (including phenoxy) is 2. The van der Waals surface area contributed by atoms with Crippen LogP contribution < -0.4 is 9.47 Å². The maximum Gasteiger partial charge on any atom is 0.325 e. The molecule has 0 atom stereocenters. The van der Waals surface area contributed by atoms with Crippen LogP contribution in [0.2, 0.25) is 0 Å². The van der Waals surface area contributed by atoms with Gasteiger partial charge in [0.2, 0.25) is 11.6 Å². The largest absolute Gasteiger partial charge is 0.480 e. The molecule has 0 N–H and O–H groups in total. The SMILES string of the molecule is COc1nc(Oc2cccc(C)c2[N+](=O)[O-])ncc1Br. The van der Waals surface area contributed by atoms with Gasteiger partial charge in [0, 0.05) is 5.56 Å². The first-order valence-electron chi connectivity index (χ1n) is 5.51. The Kier molecular flexibility index (Phi) is 4.14. The summed E-state index contributed by atoms with van der Waals surface area (Å²) in [5.41, 5.74) is 0.384. The van der Waals surface area contributed by atoms with Crippen LogP contribution in [0.4, 0.5) is 5.69 Å². The first-order chi connectivity index (χ1) is 9.52. The molecule has 0 amide bonds. The maximum absolute atomic E-state index is 11.1. The van der Waals surface area contributed by atoms with Crippen LogP contribution in [0, 0.1) is 17.0 Å². The molecular formula is C12H10BrN3O4. The fourth-order valence-corrected chi connectivity index (χ4v) is 1.93. The summed E-state index contributed by atoms with van der Waals surface area (Å²) in [4.78, 5) is 18.5. The minimum atomic E-state index is -0.499. The molecule has 1 aromatic heterocycles. The molecule has 0 spiro atoms. The molecule has 2 aromatic rings. The average molecular weight is 340 g/mol. The van der Waals surface area contributed by atoms with E-state index < -0.39 is 4.92 Å². The second-order valence-electron chi connectivity index (χ2n) is 3.79. The molecular weight excluding hydrogens is 330 g/mol. The van der Waals surface area contributed by atoms with Crippen LogP contribution in [0.15, 0.2) is 28.9 Å². The van der Waals surface area contributed by atoms with Gasteiger partial charge in [0.25, 0.3) is 0 Å². The molecule has 0 saturated heterocycles. The molecule has 0 bridgehead atoms. The van der Waals surface area contributed by atoms with Gasteiger partial charge in [-0.2, -0.15) is 4.98 Å². The molecule has 0 fully saturated rings. The van der Waals surface area contributed by atoms with Gasteiger partial charge in [-0.1, -0.05) is 12.1 Å². The number of halogens is 1. The lowest BCUT2D eigenvalue weighted by Gasteiger charge is -2.07. The number of hydrogen-bond acceptors (Lipinski definition) is 6. The lowest BCUT2D eigenvalue weighted by atomic mass is 10.2. The normalized spacial score (nSPS) is 10.2. The molecule has 0 aliphatic carbocycles. The van der Waals surface area contributed by atoms with Gasteiger partial charge < -0.3 is 9.47 Å². The van der Waals surface area contributed by atoms with Gasteiger partial charge >= 0.3 is 11.7 Å². The van der Waals surface area contributed by atoms with Gasteiger partial charge in [0.15, 0.2) is 0 Å². The number of aromatic nitrogens is 2. The summed E-state index contributed by atoms with van der Waals surface area (Å²) in [6, 6.07) is 4.75. The third-order valence-electron chi connectivity index (χ3n) is 2.47. The molecule has 0 unspecified atom stereocenters. The highest BCUT2D eigenvalue weighted by atomic mass is 79.9. The first-order valence-corrected chi connectivity index (χ1v) is 6.30. The second kappa shape index (κ2) is 5.83. The minimum Gasteiger partial charge on any atom is -0.480 e. The van der Waals surface area contributed by atoms with E-state index in [0.717, 1.165) is 0 Å². The van der Waals surface area contributed by atoms with Crippen molar-refractivity contribution in [2.45, 2.75) is 6.92 Å². The molecule has 1 heterocycles. The van der Waals surface area contributed by atoms with E-state index in [1.54, 1.807) is 19.1 Å². The number of para-hydroxylation sites is 1. The number of hydrogen-bond donors (Lipinski definition) is 0. The number of nitro groups is 1. The highest BCUT2D eigenvalue weighted by Crippen LogP contribution is 2.33. The van der Waals surface area contributed by atoms with Crippen molar-refractivity contribution in [2.75, 3.05) is 7.11 Å². The third kappa shape index (κ3) is 2.85. The zero-order valence-electron chi connectivity index (χ0n) is 10.7. The van der Waals surface area contributed by atoms with Crippen LogP contribution in [0.5, 0.6) is 17.6 Å². The van der Waals surface area contributed by atoms with Crippen molar-refractivity contribution >= 4 is 21.6 Å². The minimum absolute atomic E-state index is 0.0289. The van der Waals surface area contributed by atoms with E-state index in [1.807, 2.05) is 0 Å². The van der Waals surface area contributed by atoms with Crippen LogP contribution in [0.1, 0.15) is 5.56 Å². The van der Waals surface area contributed by atoms with E-state index >= 15 is 0 Å². The number of aryl methyl sites for hydroxylation is 1. The molecule has 0 radical (unpaired) electrons. The van der Waals surface area contributed by atoms with Crippen LogP contribution in [0.3, 0.4) is 0 Å². The zero-order valence-corrected chi connectivity index (χ0v) is 12.2. The Morgan fingerprint density at radius 3 is 2.80 bits per heavy atom. The quantitative estimate of drug-likeness (QED) is 0.627. The lowest BCUT2D eigenvalue weighted by molar-refractivity contribution is -0.386. The summed E-state index contributed by atoms with van der Waals surface area (Å²) in [6.07, 6.45) is 1.45. The van der Waals surface area contributed by atoms with Crippen LogP contribution in [0.25, 0.3) is 0 Å². The Labute approximate surface area is 122 Å². The molecule has 8 heteroatoms. The molecule has 0 aliphatic heterocycles. The zero-order chi connectivity index (χ0) is 14.7. The van der Waals surface area contributed by atoms with Crippen LogP contribution in [-0.2, 0) is 0 Å². The van der Waals surface area contributed by atoms with Gasteiger partial charge in [0.05, 0.1) is 22.7 Å². The topological polar surface area (TPSA) is 87.4 Å². The van der Waals surface area contributed by atoms with Gasteiger partial charge in [-0.3, -0.25) is 10.1 Å². The van der Waals surface area contributed by atoms with Gasteiger partial charge in [-0.05, 0) is 28.9 Å². The van der Waals surface area contributed by atoms with E-state index in [9.17, 15) is 10.1 Å². The summed E-state index contributed by atoms with van der Waals surface area (Å²) in [7, 11) is 1.45. The van der Waals surface area contributed by atoms with E-state index in [1.165, 1.54) is 19.4 Å². The summed E-state index contributed by atoms with van der Waals surface area (Å²) >= 11 is 3.21. The van der Waals surface area contributed by atoms with E-state index in [-0.39, 0.29) is 23.3 Å². The van der Waals surface area contributed by atoms with Crippen molar-refractivity contribution in [3.05, 3.63) is 44.5 Å². The van der Waals surface area contributed by atoms with Crippen molar-refractivity contribution in [1.29, 1.82) is 0 Å². The standard InChI is InChI=1S/C12H10BrN3O4/c1-7-4-3-5-9(10(7)16(17)18)20-12-14-6-8(13)11(15-12)19-2/h3-6H,1-2H3. The van der Waals surface area contributed by atoms with Crippen molar-refractivity contribution in [1.82, 2.24) is 9.97 Å². The summed E-state index contributed by atoms with van der Waals surface area (Å²) in [5.74, 6) is 0.365. The second-order valence-corrected chi connectivity index (χ2v) is 4.64. The summed E-state index contributed by atoms with van der Waals surface area (Å²) < 4.78 is 11.0. The number of benzene rings is 1. The Balaban J connectivity index is 2.40. The summed E-state index contributed by atoms with van der Waals surface area (Å²) in [5, 5.41) is 11.1. The van der Waals surface area contributed by atoms with Crippen LogP contribution in [-0.4, -0.2) is 22.0 Å². The Morgan fingerprint density at radius 2 is 2.15 bits per heavy atom. The Morgan fingerprint density at radius 1 is 1.40 bits per heavy atom. The van der Waals surface area contributed by atoms with E-state index in [2.05, 4.69) is 25.9 Å². The summed E-state index contributed by atoms with van der Waals surface area (Å²) in [6.45, 7) is 1.63. The smallest absolute Gasteiger partial charge is 0.325 e. The van der Waals surface area contributed by atoms with E-state index in [0.29, 0.717) is 10.0 Å². The fourth-order valence-electron chi connectivity index (χ4n) is 1.58. The van der Waals surface area contributed by atoms with Crippen molar-refractivity contribution < 1.29 is 14.4 Å². The van der Waals surface area contributed by atoms with Crippen LogP contribution >= 0.6 is 15.9 Å². The molecule has 104 valence electrons. The predicted molar refractivity (Wildman–Crippen MR) is 74.2 cm³/mol. The maximum atomic E-state index is 11.1. The van der Waals surface area contributed by atoms with E-state index in [4.69, 9.17) is 9.47 Å². The number of nitrogens with zero attached hydrogens (tertiary/aromatic N) is 3. The molecule has 2 rings (SSSR count). The Bertz CT molecular complexity index is 663. The molecule has 20 heavy (non-hydrogen) atoms. The molecule has 1 aromatic carbocycles. The fraction of sp³-hybridized carbons (Fsp3) is 0.167. The van der Waals surface area contributed by atoms with Crippen molar-refractivity contribution in [2.24, 2.45) is 0 Å². The Hall–Kier alpha value is -2.22. The average Bonchev–Trinajstić information content (AvgIpc) is 2.40.